The van der Waals surface area contributed by atoms with Crippen LogP contribution in [0.25, 0.3) is 0 Å². The molecule has 0 radical (unpaired) electrons. The van der Waals surface area contributed by atoms with Gasteiger partial charge in [0.25, 0.3) is 0 Å². The zero-order valence-electron chi connectivity index (χ0n) is 10.3. The van der Waals surface area contributed by atoms with E-state index in [1.807, 2.05) is 13.0 Å². The van der Waals surface area contributed by atoms with Crippen LogP contribution in [0.5, 0.6) is 5.75 Å². The largest absolute Gasteiger partial charge is 0.496 e. The molecule has 0 spiro atoms. The van der Waals surface area contributed by atoms with Crippen LogP contribution in [0.1, 0.15) is 29.9 Å². The van der Waals surface area contributed by atoms with E-state index in [0.717, 1.165) is 30.4 Å². The molecule has 0 heterocycles. The molecule has 1 aromatic carbocycles. The van der Waals surface area contributed by atoms with Gasteiger partial charge in [-0.1, -0.05) is 24.3 Å². The van der Waals surface area contributed by atoms with E-state index in [4.69, 9.17) is 4.74 Å². The number of hydrogen-bond acceptors (Lipinski definition) is 2. The van der Waals surface area contributed by atoms with Gasteiger partial charge in [-0.2, -0.15) is 0 Å². The van der Waals surface area contributed by atoms with Crippen molar-refractivity contribution < 1.29 is 9.53 Å². The fourth-order valence-electron chi connectivity index (χ4n) is 2.47. The summed E-state index contributed by atoms with van der Waals surface area (Å²) in [6.45, 7) is 2.03. The number of allylic oxidation sites excluding steroid dienone is 2. The van der Waals surface area contributed by atoms with Crippen molar-refractivity contribution in [2.75, 3.05) is 7.11 Å². The Morgan fingerprint density at radius 2 is 2.24 bits per heavy atom. The summed E-state index contributed by atoms with van der Waals surface area (Å²) in [5.74, 6) is 1.25. The second-order valence-corrected chi connectivity index (χ2v) is 4.56. The van der Waals surface area contributed by atoms with E-state index >= 15 is 0 Å². The third-order valence-corrected chi connectivity index (χ3v) is 3.45. The minimum absolute atomic E-state index is 0.118. The van der Waals surface area contributed by atoms with Crippen LogP contribution in [0.3, 0.4) is 0 Å². The molecule has 90 valence electrons. The highest BCUT2D eigenvalue weighted by molar-refractivity contribution is 5.58. The van der Waals surface area contributed by atoms with E-state index < -0.39 is 0 Å². The molecular weight excluding hydrogens is 212 g/mol. The Morgan fingerprint density at radius 1 is 1.41 bits per heavy atom. The molecule has 0 fully saturated rings. The molecule has 0 saturated heterocycles. The summed E-state index contributed by atoms with van der Waals surface area (Å²) < 4.78 is 5.25. The van der Waals surface area contributed by atoms with E-state index in [0.29, 0.717) is 0 Å². The van der Waals surface area contributed by atoms with Gasteiger partial charge in [0.05, 0.1) is 7.11 Å². The Morgan fingerprint density at radius 3 is 2.88 bits per heavy atom. The normalized spacial score (nSPS) is 23.4. The SMILES string of the molecule is COc1ccc([C@H]2C=CCC[C@@H]2C=O)cc1C. The van der Waals surface area contributed by atoms with E-state index in [1.165, 1.54) is 5.56 Å². The average molecular weight is 230 g/mol. The van der Waals surface area contributed by atoms with E-state index in [9.17, 15) is 4.79 Å². The predicted octanol–water partition coefficient (Wildman–Crippen LogP) is 3.25. The number of carbonyl (C=O) groups is 1. The van der Waals surface area contributed by atoms with Crippen LogP contribution in [0, 0.1) is 12.8 Å². The van der Waals surface area contributed by atoms with Crippen molar-refractivity contribution in [3.05, 3.63) is 41.5 Å². The fraction of sp³-hybridized carbons (Fsp3) is 0.400. The predicted molar refractivity (Wildman–Crippen MR) is 68.4 cm³/mol. The van der Waals surface area contributed by atoms with Crippen LogP contribution in [-0.2, 0) is 4.79 Å². The first-order valence-electron chi connectivity index (χ1n) is 6.02. The number of hydrogen-bond donors (Lipinski definition) is 0. The summed E-state index contributed by atoms with van der Waals surface area (Å²) in [6, 6.07) is 6.16. The molecule has 0 bridgehead atoms. The number of rotatable bonds is 3. The lowest BCUT2D eigenvalue weighted by Gasteiger charge is -2.24. The van der Waals surface area contributed by atoms with Crippen molar-refractivity contribution in [3.63, 3.8) is 0 Å². The monoisotopic (exact) mass is 230 g/mol. The second-order valence-electron chi connectivity index (χ2n) is 4.56. The van der Waals surface area contributed by atoms with Crippen molar-refractivity contribution in [3.8, 4) is 5.75 Å². The molecule has 1 aliphatic rings. The minimum atomic E-state index is 0.118. The number of carbonyl (C=O) groups excluding carboxylic acids is 1. The smallest absolute Gasteiger partial charge is 0.124 e. The van der Waals surface area contributed by atoms with Crippen LogP contribution in [0.2, 0.25) is 0 Å². The first kappa shape index (κ1) is 11.9. The van der Waals surface area contributed by atoms with E-state index in [2.05, 4.69) is 24.3 Å². The molecule has 2 nitrogen and oxygen atoms in total. The maximum Gasteiger partial charge on any atom is 0.124 e. The van der Waals surface area contributed by atoms with Crippen molar-refractivity contribution in [1.29, 1.82) is 0 Å². The fourth-order valence-corrected chi connectivity index (χ4v) is 2.47. The Bertz CT molecular complexity index is 435. The standard InChI is InChI=1S/C15H18O2/c1-11-9-12(7-8-15(11)17-2)14-6-4-3-5-13(14)10-16/h4,6-10,13-14H,3,5H2,1-2H3/t13-,14-/m1/s1. The van der Waals surface area contributed by atoms with Gasteiger partial charge < -0.3 is 9.53 Å². The summed E-state index contributed by atoms with van der Waals surface area (Å²) >= 11 is 0. The highest BCUT2D eigenvalue weighted by Crippen LogP contribution is 2.34. The van der Waals surface area contributed by atoms with Gasteiger partial charge in [0, 0.05) is 11.8 Å². The molecule has 0 aliphatic heterocycles. The van der Waals surface area contributed by atoms with Gasteiger partial charge in [0.2, 0.25) is 0 Å². The molecule has 1 aliphatic carbocycles. The lowest BCUT2D eigenvalue weighted by Crippen LogP contribution is -2.15. The number of benzene rings is 1. The van der Waals surface area contributed by atoms with Crippen molar-refractivity contribution >= 4 is 6.29 Å². The highest BCUT2D eigenvalue weighted by Gasteiger charge is 2.22. The molecule has 1 aromatic rings. The van der Waals surface area contributed by atoms with Crippen LogP contribution in [0.15, 0.2) is 30.4 Å². The van der Waals surface area contributed by atoms with Gasteiger partial charge in [-0.05, 0) is 37.0 Å². The number of methoxy groups -OCH3 is 1. The molecule has 0 N–H and O–H groups in total. The number of aryl methyl sites for hydroxylation is 1. The van der Waals surface area contributed by atoms with Crippen molar-refractivity contribution in [2.45, 2.75) is 25.7 Å². The van der Waals surface area contributed by atoms with Gasteiger partial charge in [0.1, 0.15) is 12.0 Å². The Hall–Kier alpha value is -1.57. The molecule has 2 heteroatoms. The number of aldehydes is 1. The van der Waals surface area contributed by atoms with Gasteiger partial charge in [-0.25, -0.2) is 0 Å². The zero-order valence-corrected chi connectivity index (χ0v) is 10.3. The molecular formula is C15H18O2. The zero-order chi connectivity index (χ0) is 12.3. The van der Waals surface area contributed by atoms with Gasteiger partial charge in [-0.3, -0.25) is 0 Å². The quantitative estimate of drug-likeness (QED) is 0.588. The first-order chi connectivity index (χ1) is 8.26. The molecule has 2 rings (SSSR count). The van der Waals surface area contributed by atoms with Crippen LogP contribution in [-0.4, -0.2) is 13.4 Å². The third-order valence-electron chi connectivity index (χ3n) is 3.45. The molecule has 0 saturated carbocycles. The van der Waals surface area contributed by atoms with Crippen LogP contribution >= 0.6 is 0 Å². The summed E-state index contributed by atoms with van der Waals surface area (Å²) in [6.07, 6.45) is 7.38. The van der Waals surface area contributed by atoms with Crippen LogP contribution < -0.4 is 4.74 Å². The van der Waals surface area contributed by atoms with Crippen molar-refractivity contribution in [1.82, 2.24) is 0 Å². The van der Waals surface area contributed by atoms with E-state index in [1.54, 1.807) is 7.11 Å². The maximum absolute atomic E-state index is 11.1. The first-order valence-corrected chi connectivity index (χ1v) is 6.02. The van der Waals surface area contributed by atoms with Crippen molar-refractivity contribution in [2.24, 2.45) is 5.92 Å². The summed E-state index contributed by atoms with van der Waals surface area (Å²) in [4.78, 5) is 11.1. The highest BCUT2D eigenvalue weighted by atomic mass is 16.5. The van der Waals surface area contributed by atoms with E-state index in [-0.39, 0.29) is 11.8 Å². The summed E-state index contributed by atoms with van der Waals surface area (Å²) in [5.41, 5.74) is 2.32. The lowest BCUT2D eigenvalue weighted by atomic mass is 9.80. The lowest BCUT2D eigenvalue weighted by molar-refractivity contribution is -0.111. The average Bonchev–Trinajstić information content (AvgIpc) is 2.38. The molecule has 17 heavy (non-hydrogen) atoms. The van der Waals surface area contributed by atoms with Crippen LogP contribution in [0.4, 0.5) is 0 Å². The molecule has 0 amide bonds. The summed E-state index contributed by atoms with van der Waals surface area (Å²) in [5, 5.41) is 0. The maximum atomic E-state index is 11.1. The van der Waals surface area contributed by atoms with Gasteiger partial charge in [-0.15, -0.1) is 0 Å². The molecule has 0 unspecified atom stereocenters. The molecule has 0 aromatic heterocycles. The van der Waals surface area contributed by atoms with Gasteiger partial charge >= 0.3 is 0 Å². The Kier molecular flexibility index (Phi) is 3.62. The Balaban J connectivity index is 2.32. The molecule has 2 atom stereocenters. The summed E-state index contributed by atoms with van der Waals surface area (Å²) in [7, 11) is 1.68. The third kappa shape index (κ3) is 2.41. The second kappa shape index (κ2) is 5.17. The topological polar surface area (TPSA) is 26.3 Å². The minimum Gasteiger partial charge on any atom is -0.496 e. The van der Waals surface area contributed by atoms with Gasteiger partial charge in [0.15, 0.2) is 0 Å². The number of ether oxygens (including phenoxy) is 1. The Labute approximate surface area is 102 Å².